The van der Waals surface area contributed by atoms with Crippen molar-refractivity contribution in [3.8, 4) is 5.75 Å². The van der Waals surface area contributed by atoms with Gasteiger partial charge in [-0.1, -0.05) is 6.07 Å². The predicted molar refractivity (Wildman–Crippen MR) is 44.1 cm³/mol. The number of hydrogen-bond donors (Lipinski definition) is 0. The maximum Gasteiger partial charge on any atom is 0.173 e. The molecule has 0 amide bonds. The lowest BCUT2D eigenvalue weighted by Crippen LogP contribution is -2.04. The minimum atomic E-state index is 0.304. The van der Waals surface area contributed by atoms with Crippen LogP contribution in [0.2, 0.25) is 0 Å². The molecule has 0 saturated carbocycles. The first kappa shape index (κ1) is 7.45. The average Bonchev–Trinajstić information content (AvgIpc) is 2.86. The molecule has 2 heteroatoms. The fourth-order valence-corrected chi connectivity index (χ4v) is 0.939. The Morgan fingerprint density at radius 1 is 1.75 bits per heavy atom. The quantitative estimate of drug-likeness (QED) is 0.626. The molecule has 1 atom stereocenters. The Bertz CT molecular complexity index is 266. The van der Waals surface area contributed by atoms with Crippen molar-refractivity contribution < 1.29 is 9.47 Å². The Labute approximate surface area is 72.1 Å². The maximum absolute atomic E-state index is 5.45. The molecule has 1 fully saturated rings. The second-order valence-electron chi connectivity index (χ2n) is 2.88. The van der Waals surface area contributed by atoms with Crippen molar-refractivity contribution in [2.75, 3.05) is 13.2 Å². The second-order valence-corrected chi connectivity index (χ2v) is 2.88. The lowest BCUT2D eigenvalue weighted by molar-refractivity contribution is 0.262. The second kappa shape index (κ2) is 3.04. The molecule has 2 rings (SSSR count). The van der Waals surface area contributed by atoms with Crippen LogP contribution in [0, 0.1) is 19.1 Å². The van der Waals surface area contributed by atoms with Gasteiger partial charge in [-0.3, -0.25) is 0 Å². The largest absolute Gasteiger partial charge is 0.482 e. The molecule has 0 radical (unpaired) electrons. The van der Waals surface area contributed by atoms with Crippen LogP contribution < -0.4 is 4.74 Å². The summed E-state index contributed by atoms with van der Waals surface area (Å²) in [4.78, 5) is 0. The molecule has 1 heterocycles. The van der Waals surface area contributed by atoms with Crippen LogP contribution in [0.3, 0.4) is 0 Å². The van der Waals surface area contributed by atoms with Crippen LogP contribution in [-0.2, 0) is 4.74 Å². The van der Waals surface area contributed by atoms with Gasteiger partial charge in [-0.05, 0) is 25.1 Å². The predicted octanol–water partition coefficient (Wildman–Crippen LogP) is 1.37. The van der Waals surface area contributed by atoms with E-state index in [9.17, 15) is 0 Å². The van der Waals surface area contributed by atoms with Crippen molar-refractivity contribution in [2.24, 2.45) is 0 Å². The first-order chi connectivity index (χ1) is 5.86. The van der Waals surface area contributed by atoms with Crippen molar-refractivity contribution in [1.29, 1.82) is 0 Å². The zero-order valence-electron chi connectivity index (χ0n) is 6.96. The SMILES string of the molecule is Cc1ccc#cc1OCC1CO1. The smallest absolute Gasteiger partial charge is 0.173 e. The fourth-order valence-electron chi connectivity index (χ4n) is 0.939. The van der Waals surface area contributed by atoms with Crippen LogP contribution in [0.5, 0.6) is 5.75 Å². The van der Waals surface area contributed by atoms with Crippen LogP contribution in [0.25, 0.3) is 0 Å². The number of hydrogen-bond acceptors (Lipinski definition) is 2. The van der Waals surface area contributed by atoms with Gasteiger partial charge >= 0.3 is 0 Å². The molecule has 0 bridgehead atoms. The molecule has 1 aromatic rings. The van der Waals surface area contributed by atoms with Gasteiger partial charge in [0.1, 0.15) is 12.7 Å². The third-order valence-corrected chi connectivity index (χ3v) is 1.78. The summed E-state index contributed by atoms with van der Waals surface area (Å²) in [6, 6.07) is 9.56. The van der Waals surface area contributed by atoms with Crippen LogP contribution in [0.4, 0.5) is 0 Å². The Hall–Kier alpha value is -1.20. The highest BCUT2D eigenvalue weighted by molar-refractivity contribution is 5.27. The maximum atomic E-state index is 5.45. The summed E-state index contributed by atoms with van der Waals surface area (Å²) in [5, 5.41) is 0. The molecule has 1 aliphatic heterocycles. The molecular weight excluding hydrogens is 152 g/mol. The topological polar surface area (TPSA) is 21.8 Å². The van der Waals surface area contributed by atoms with E-state index < -0.39 is 0 Å². The van der Waals surface area contributed by atoms with Crippen LogP contribution >= 0.6 is 0 Å². The average molecular weight is 162 g/mol. The number of ether oxygens (including phenoxy) is 2. The molecule has 2 nitrogen and oxygen atoms in total. The standard InChI is InChI=1S/C10H10O2/c1-8-4-2-3-5-10(8)12-7-9-6-11-9/h2,4,9H,6-7H2,1H3. The number of aryl methyl sites for hydroxylation is 1. The summed E-state index contributed by atoms with van der Waals surface area (Å²) in [5.41, 5.74) is 1.09. The molecule has 1 saturated heterocycles. The van der Waals surface area contributed by atoms with Gasteiger partial charge in [-0.25, -0.2) is 0 Å². The molecular formula is C10H10O2. The van der Waals surface area contributed by atoms with E-state index in [1.54, 1.807) is 0 Å². The highest BCUT2D eigenvalue weighted by Crippen LogP contribution is 2.15. The fraction of sp³-hybridized carbons (Fsp3) is 0.400. The summed E-state index contributed by atoms with van der Waals surface area (Å²) in [5.74, 6) is 0.785. The number of rotatable bonds is 3. The molecule has 0 aliphatic carbocycles. The van der Waals surface area contributed by atoms with Gasteiger partial charge in [0.15, 0.2) is 5.75 Å². The van der Waals surface area contributed by atoms with Crippen molar-refractivity contribution in [2.45, 2.75) is 13.0 Å². The summed E-state index contributed by atoms with van der Waals surface area (Å²) in [6.07, 6.45) is 0.304. The van der Waals surface area contributed by atoms with Crippen molar-refractivity contribution in [1.82, 2.24) is 0 Å². The van der Waals surface area contributed by atoms with E-state index in [0.717, 1.165) is 17.9 Å². The number of epoxide rings is 1. The van der Waals surface area contributed by atoms with Crippen molar-refractivity contribution in [3.63, 3.8) is 0 Å². The molecule has 0 spiro atoms. The van der Waals surface area contributed by atoms with E-state index in [2.05, 4.69) is 12.1 Å². The monoisotopic (exact) mass is 162 g/mol. The van der Waals surface area contributed by atoms with Crippen LogP contribution in [0.15, 0.2) is 12.1 Å². The molecule has 1 aromatic carbocycles. The Morgan fingerprint density at radius 3 is 3.25 bits per heavy atom. The van der Waals surface area contributed by atoms with Crippen molar-refractivity contribution in [3.05, 3.63) is 29.8 Å². The third kappa shape index (κ3) is 1.69. The first-order valence-electron chi connectivity index (χ1n) is 3.99. The zero-order chi connectivity index (χ0) is 8.39. The molecule has 0 aromatic heterocycles. The normalized spacial score (nSPS) is 19.9. The van der Waals surface area contributed by atoms with Gasteiger partial charge in [-0.15, -0.1) is 0 Å². The third-order valence-electron chi connectivity index (χ3n) is 1.78. The van der Waals surface area contributed by atoms with E-state index in [-0.39, 0.29) is 0 Å². The summed E-state index contributed by atoms with van der Waals surface area (Å²) < 4.78 is 10.5. The van der Waals surface area contributed by atoms with E-state index >= 15 is 0 Å². The van der Waals surface area contributed by atoms with E-state index in [1.807, 2.05) is 19.1 Å². The van der Waals surface area contributed by atoms with Gasteiger partial charge in [-0.2, -0.15) is 0 Å². The summed E-state index contributed by atoms with van der Waals surface area (Å²) in [6.45, 7) is 3.46. The lowest BCUT2D eigenvalue weighted by Gasteiger charge is -2.02. The molecule has 12 heavy (non-hydrogen) atoms. The van der Waals surface area contributed by atoms with Crippen molar-refractivity contribution >= 4 is 0 Å². The van der Waals surface area contributed by atoms with Gasteiger partial charge in [0.25, 0.3) is 0 Å². The van der Waals surface area contributed by atoms with E-state index in [0.29, 0.717) is 12.7 Å². The molecule has 0 N–H and O–H groups in total. The summed E-state index contributed by atoms with van der Waals surface area (Å²) >= 11 is 0. The Balaban J connectivity index is 1.96. The molecule has 62 valence electrons. The lowest BCUT2D eigenvalue weighted by atomic mass is 10.2. The minimum Gasteiger partial charge on any atom is -0.482 e. The van der Waals surface area contributed by atoms with E-state index in [4.69, 9.17) is 9.47 Å². The first-order valence-corrected chi connectivity index (χ1v) is 3.99. The molecule has 1 aliphatic rings. The Morgan fingerprint density at radius 2 is 2.58 bits per heavy atom. The highest BCUT2D eigenvalue weighted by atomic mass is 16.6. The zero-order valence-corrected chi connectivity index (χ0v) is 6.96. The molecule has 1 unspecified atom stereocenters. The summed E-state index contributed by atoms with van der Waals surface area (Å²) in [7, 11) is 0. The van der Waals surface area contributed by atoms with Gasteiger partial charge in [0, 0.05) is 5.56 Å². The van der Waals surface area contributed by atoms with Crippen LogP contribution in [-0.4, -0.2) is 19.3 Å². The Kier molecular flexibility index (Phi) is 1.89. The van der Waals surface area contributed by atoms with Crippen LogP contribution in [0.1, 0.15) is 5.56 Å². The van der Waals surface area contributed by atoms with Gasteiger partial charge in [0.2, 0.25) is 0 Å². The highest BCUT2D eigenvalue weighted by Gasteiger charge is 2.23. The minimum absolute atomic E-state index is 0.304. The van der Waals surface area contributed by atoms with E-state index in [1.165, 1.54) is 0 Å². The van der Waals surface area contributed by atoms with Gasteiger partial charge in [0.05, 0.1) is 6.61 Å². The van der Waals surface area contributed by atoms with Gasteiger partial charge < -0.3 is 9.47 Å².